The lowest BCUT2D eigenvalue weighted by atomic mass is 10.1. The van der Waals surface area contributed by atoms with E-state index in [1.807, 2.05) is 15.6 Å². The molecule has 0 fully saturated rings. The number of hydrogen-bond acceptors (Lipinski definition) is 5. The van der Waals surface area contributed by atoms with Gasteiger partial charge in [-0.3, -0.25) is 9.48 Å². The highest BCUT2D eigenvalue weighted by molar-refractivity contribution is 5.93. The van der Waals surface area contributed by atoms with Gasteiger partial charge in [0.2, 0.25) is 0 Å². The summed E-state index contributed by atoms with van der Waals surface area (Å²) in [4.78, 5) is 14.4. The molecule has 1 aliphatic heterocycles. The van der Waals surface area contributed by atoms with Gasteiger partial charge in [0.15, 0.2) is 0 Å². The lowest BCUT2D eigenvalue weighted by Gasteiger charge is -2.23. The summed E-state index contributed by atoms with van der Waals surface area (Å²) in [5.41, 5.74) is 1.58. The van der Waals surface area contributed by atoms with Gasteiger partial charge in [-0.2, -0.15) is 15.3 Å². The third kappa shape index (κ3) is 2.92. The Bertz CT molecular complexity index is 613. The molecule has 0 aromatic carbocycles. The average molecular weight is 287 g/mol. The van der Waals surface area contributed by atoms with E-state index in [0.29, 0.717) is 25.3 Å². The minimum absolute atomic E-state index is 0.0411. The van der Waals surface area contributed by atoms with Crippen molar-refractivity contribution in [3.05, 3.63) is 42.0 Å². The minimum atomic E-state index is -0.0411. The first-order valence-corrected chi connectivity index (χ1v) is 6.83. The summed E-state index contributed by atoms with van der Waals surface area (Å²) >= 11 is 0. The molecule has 1 unspecified atom stereocenters. The molecule has 0 bridgehead atoms. The van der Waals surface area contributed by atoms with Crippen LogP contribution in [0.3, 0.4) is 0 Å². The summed E-state index contributed by atoms with van der Waals surface area (Å²) in [6, 6.07) is 3.63. The van der Waals surface area contributed by atoms with Gasteiger partial charge in [-0.1, -0.05) is 0 Å². The topological polar surface area (TPSA) is 73.1 Å². The van der Waals surface area contributed by atoms with E-state index in [0.717, 1.165) is 12.2 Å². The largest absolute Gasteiger partial charge is 0.384 e. The zero-order valence-electron chi connectivity index (χ0n) is 11.8. The Labute approximate surface area is 122 Å². The number of rotatable bonds is 3. The Hall–Kier alpha value is -2.28. The van der Waals surface area contributed by atoms with Crippen molar-refractivity contribution in [2.24, 2.45) is 5.92 Å². The van der Waals surface area contributed by atoms with Crippen LogP contribution in [-0.2, 0) is 17.8 Å². The SMILES string of the molecule is COCC1CN(C(=O)c2ccnnc2)Cc2ccnn2C1. The van der Waals surface area contributed by atoms with E-state index in [4.69, 9.17) is 4.74 Å². The van der Waals surface area contributed by atoms with E-state index in [2.05, 4.69) is 15.3 Å². The first-order valence-electron chi connectivity index (χ1n) is 6.83. The number of fused-ring (bicyclic) bond motifs is 1. The van der Waals surface area contributed by atoms with E-state index < -0.39 is 0 Å². The maximum atomic E-state index is 12.6. The van der Waals surface area contributed by atoms with Gasteiger partial charge in [-0.15, -0.1) is 0 Å². The molecule has 1 amide bonds. The number of nitrogens with zero attached hydrogens (tertiary/aromatic N) is 5. The van der Waals surface area contributed by atoms with Crippen LogP contribution in [0.25, 0.3) is 0 Å². The van der Waals surface area contributed by atoms with Gasteiger partial charge in [-0.05, 0) is 12.1 Å². The van der Waals surface area contributed by atoms with E-state index in [1.54, 1.807) is 19.4 Å². The first-order chi connectivity index (χ1) is 10.3. The molecule has 1 atom stereocenters. The first kappa shape index (κ1) is 13.7. The number of amides is 1. The lowest BCUT2D eigenvalue weighted by molar-refractivity contribution is 0.0666. The van der Waals surface area contributed by atoms with Crippen LogP contribution in [0.1, 0.15) is 16.1 Å². The molecule has 0 radical (unpaired) electrons. The molecule has 0 saturated carbocycles. The van der Waals surface area contributed by atoms with Crippen molar-refractivity contribution in [1.29, 1.82) is 0 Å². The van der Waals surface area contributed by atoms with Crippen LogP contribution in [0.15, 0.2) is 30.7 Å². The quantitative estimate of drug-likeness (QED) is 0.826. The van der Waals surface area contributed by atoms with Crippen LogP contribution < -0.4 is 0 Å². The highest BCUT2D eigenvalue weighted by Crippen LogP contribution is 2.18. The van der Waals surface area contributed by atoms with Crippen molar-refractivity contribution < 1.29 is 9.53 Å². The summed E-state index contributed by atoms with van der Waals surface area (Å²) in [6.07, 6.45) is 4.79. The average Bonchev–Trinajstić information content (AvgIpc) is 2.86. The minimum Gasteiger partial charge on any atom is -0.384 e. The Morgan fingerprint density at radius 3 is 3.00 bits per heavy atom. The highest BCUT2D eigenvalue weighted by atomic mass is 16.5. The zero-order chi connectivity index (χ0) is 14.7. The summed E-state index contributed by atoms with van der Waals surface area (Å²) in [5, 5.41) is 11.8. The maximum Gasteiger partial charge on any atom is 0.255 e. The van der Waals surface area contributed by atoms with Crippen LogP contribution in [0.5, 0.6) is 0 Å². The van der Waals surface area contributed by atoms with Gasteiger partial charge < -0.3 is 9.64 Å². The molecule has 3 heterocycles. The van der Waals surface area contributed by atoms with Gasteiger partial charge in [0.05, 0.1) is 36.8 Å². The number of carbonyl (C=O) groups is 1. The smallest absolute Gasteiger partial charge is 0.255 e. The number of carbonyl (C=O) groups excluding carboxylic acids is 1. The van der Waals surface area contributed by atoms with Gasteiger partial charge in [0, 0.05) is 32.3 Å². The zero-order valence-corrected chi connectivity index (χ0v) is 11.8. The Morgan fingerprint density at radius 1 is 1.33 bits per heavy atom. The second kappa shape index (κ2) is 6.01. The fraction of sp³-hybridized carbons (Fsp3) is 0.429. The lowest BCUT2D eigenvalue weighted by Crippen LogP contribution is -2.35. The Balaban J connectivity index is 1.86. The summed E-state index contributed by atoms with van der Waals surface area (Å²) in [7, 11) is 1.67. The molecule has 7 nitrogen and oxygen atoms in total. The molecule has 0 spiro atoms. The molecule has 0 N–H and O–H groups in total. The van der Waals surface area contributed by atoms with Gasteiger partial charge in [0.25, 0.3) is 5.91 Å². The van der Waals surface area contributed by atoms with Crippen LogP contribution in [0, 0.1) is 5.92 Å². The Kier molecular flexibility index (Phi) is 3.92. The van der Waals surface area contributed by atoms with Crippen LogP contribution in [0.4, 0.5) is 0 Å². The highest BCUT2D eigenvalue weighted by Gasteiger charge is 2.26. The number of ether oxygens (including phenoxy) is 1. The monoisotopic (exact) mass is 287 g/mol. The van der Waals surface area contributed by atoms with E-state index in [-0.39, 0.29) is 11.8 Å². The van der Waals surface area contributed by atoms with E-state index >= 15 is 0 Å². The summed E-state index contributed by atoms with van der Waals surface area (Å²) in [5.74, 6) is 0.176. The maximum absolute atomic E-state index is 12.6. The van der Waals surface area contributed by atoms with Gasteiger partial charge >= 0.3 is 0 Å². The molecule has 0 saturated heterocycles. The van der Waals surface area contributed by atoms with Crippen molar-refractivity contribution in [3.8, 4) is 0 Å². The number of methoxy groups -OCH3 is 1. The number of aromatic nitrogens is 4. The summed E-state index contributed by atoms with van der Waals surface area (Å²) in [6.45, 7) is 2.53. The van der Waals surface area contributed by atoms with Crippen molar-refractivity contribution in [2.45, 2.75) is 13.1 Å². The van der Waals surface area contributed by atoms with Crippen molar-refractivity contribution >= 4 is 5.91 Å². The van der Waals surface area contributed by atoms with Crippen molar-refractivity contribution in [1.82, 2.24) is 24.9 Å². The van der Waals surface area contributed by atoms with Gasteiger partial charge in [-0.25, -0.2) is 0 Å². The molecular weight excluding hydrogens is 270 g/mol. The molecule has 0 aliphatic carbocycles. The third-order valence-electron chi connectivity index (χ3n) is 3.59. The number of hydrogen-bond donors (Lipinski definition) is 0. The van der Waals surface area contributed by atoms with Crippen molar-refractivity contribution in [2.75, 3.05) is 20.3 Å². The van der Waals surface area contributed by atoms with Crippen LogP contribution in [0.2, 0.25) is 0 Å². The molecule has 2 aromatic rings. The van der Waals surface area contributed by atoms with E-state index in [1.165, 1.54) is 12.4 Å². The van der Waals surface area contributed by atoms with Crippen LogP contribution >= 0.6 is 0 Å². The molecular formula is C14H17N5O2. The van der Waals surface area contributed by atoms with Gasteiger partial charge in [0.1, 0.15) is 0 Å². The normalized spacial score (nSPS) is 18.1. The summed E-state index contributed by atoms with van der Waals surface area (Å²) < 4.78 is 7.21. The fourth-order valence-corrected chi connectivity index (χ4v) is 2.63. The molecule has 110 valence electrons. The second-order valence-electron chi connectivity index (χ2n) is 5.14. The fourth-order valence-electron chi connectivity index (χ4n) is 2.63. The van der Waals surface area contributed by atoms with Crippen molar-refractivity contribution in [3.63, 3.8) is 0 Å². The van der Waals surface area contributed by atoms with E-state index in [9.17, 15) is 4.79 Å². The molecule has 3 rings (SSSR count). The standard InChI is InChI=1S/C14H17N5O2/c1-21-10-11-7-18(9-13-3-5-17-19(13)8-11)14(20)12-2-4-15-16-6-12/h2-6,11H,7-10H2,1H3. The van der Waals surface area contributed by atoms with Crippen LogP contribution in [-0.4, -0.2) is 51.0 Å². The predicted octanol–water partition coefficient (Wildman–Crippen LogP) is 0.592. The second-order valence-corrected chi connectivity index (χ2v) is 5.14. The molecule has 1 aliphatic rings. The third-order valence-corrected chi connectivity index (χ3v) is 3.59. The molecule has 2 aromatic heterocycles. The molecule has 7 heteroatoms. The molecule has 21 heavy (non-hydrogen) atoms. The predicted molar refractivity (Wildman–Crippen MR) is 74.4 cm³/mol. The Morgan fingerprint density at radius 2 is 2.24 bits per heavy atom.